The molecule has 0 radical (unpaired) electrons. The third-order valence-corrected chi connectivity index (χ3v) is 5.90. The average molecular weight is 480 g/mol. The molecule has 3 N–H and O–H groups in total. The number of carbonyl (C=O) groups is 2. The Labute approximate surface area is 187 Å². The molecule has 32 heavy (non-hydrogen) atoms. The summed E-state index contributed by atoms with van der Waals surface area (Å²) in [6.07, 6.45) is -0.130. The Kier molecular flexibility index (Phi) is 7.06. The fraction of sp³-hybridized carbons (Fsp3) is 0.0476. The van der Waals surface area contributed by atoms with Gasteiger partial charge in [0.15, 0.2) is 0 Å². The maximum atomic E-state index is 13.8. The van der Waals surface area contributed by atoms with Crippen LogP contribution in [0, 0.1) is 11.6 Å². The van der Waals surface area contributed by atoms with Crippen molar-refractivity contribution in [3.63, 3.8) is 0 Å². The minimum atomic E-state index is -4.23. The van der Waals surface area contributed by atoms with E-state index in [1.54, 1.807) is 0 Å². The standard InChI is InChI=1S/C21H16ClF2N3O4S/c22-17-10-9-15(32(30,31)27-19-4-2-1-3-18(19)24)12-16(17)21(29)26-25-20(28)11-13-5-7-14(23)8-6-13/h1-10,12,27H,11H2,(H,25,28)(H,26,29). The molecule has 3 aromatic carbocycles. The molecule has 0 aliphatic heterocycles. The molecule has 0 aliphatic carbocycles. The molecule has 0 atom stereocenters. The number of sulfonamides is 1. The Morgan fingerprint density at radius 3 is 2.28 bits per heavy atom. The minimum Gasteiger partial charge on any atom is -0.277 e. The van der Waals surface area contributed by atoms with E-state index in [2.05, 4.69) is 15.6 Å². The van der Waals surface area contributed by atoms with Gasteiger partial charge in [-0.3, -0.25) is 25.2 Å². The summed E-state index contributed by atoms with van der Waals surface area (Å²) in [7, 11) is -4.23. The van der Waals surface area contributed by atoms with E-state index >= 15 is 0 Å². The van der Waals surface area contributed by atoms with Crippen molar-refractivity contribution in [2.24, 2.45) is 0 Å². The van der Waals surface area contributed by atoms with E-state index < -0.39 is 33.5 Å². The predicted octanol–water partition coefficient (Wildman–Crippen LogP) is 3.42. The van der Waals surface area contributed by atoms with Gasteiger partial charge in [0.05, 0.1) is 27.6 Å². The summed E-state index contributed by atoms with van der Waals surface area (Å²) in [6.45, 7) is 0. The smallest absolute Gasteiger partial charge is 0.271 e. The van der Waals surface area contributed by atoms with E-state index in [0.717, 1.165) is 18.2 Å². The lowest BCUT2D eigenvalue weighted by molar-refractivity contribution is -0.121. The number of hydrogen-bond donors (Lipinski definition) is 3. The van der Waals surface area contributed by atoms with Crippen LogP contribution in [0.3, 0.4) is 0 Å². The summed E-state index contributed by atoms with van der Waals surface area (Å²) < 4.78 is 54.0. The average Bonchev–Trinajstić information content (AvgIpc) is 2.75. The van der Waals surface area contributed by atoms with Crippen LogP contribution < -0.4 is 15.6 Å². The topological polar surface area (TPSA) is 104 Å². The molecular weight excluding hydrogens is 464 g/mol. The third-order valence-electron chi connectivity index (χ3n) is 4.20. The molecule has 0 aromatic heterocycles. The number of nitrogens with one attached hydrogen (secondary N) is 3. The van der Waals surface area contributed by atoms with Crippen molar-refractivity contribution in [3.05, 3.63) is 94.5 Å². The van der Waals surface area contributed by atoms with Crippen LogP contribution in [0.25, 0.3) is 0 Å². The van der Waals surface area contributed by atoms with Crippen LogP contribution in [0.1, 0.15) is 15.9 Å². The molecule has 7 nitrogen and oxygen atoms in total. The molecular formula is C21H16ClF2N3O4S. The summed E-state index contributed by atoms with van der Waals surface area (Å²) in [6, 6.07) is 13.8. The SMILES string of the molecule is O=C(Cc1ccc(F)cc1)NNC(=O)c1cc(S(=O)(=O)Nc2ccccc2F)ccc1Cl. The monoisotopic (exact) mass is 479 g/mol. The minimum absolute atomic E-state index is 0.0693. The van der Waals surface area contributed by atoms with Crippen LogP contribution in [-0.4, -0.2) is 20.2 Å². The second-order valence-corrected chi connectivity index (χ2v) is 8.62. The number of amides is 2. The zero-order valence-corrected chi connectivity index (χ0v) is 17.8. The van der Waals surface area contributed by atoms with E-state index in [4.69, 9.17) is 11.6 Å². The summed E-state index contributed by atoms with van der Waals surface area (Å²) in [5.74, 6) is -2.68. The highest BCUT2D eigenvalue weighted by Crippen LogP contribution is 2.23. The molecule has 0 saturated heterocycles. The van der Waals surface area contributed by atoms with Gasteiger partial charge >= 0.3 is 0 Å². The van der Waals surface area contributed by atoms with Gasteiger partial charge in [-0.05, 0) is 48.0 Å². The maximum absolute atomic E-state index is 13.8. The van der Waals surface area contributed by atoms with Crippen LogP contribution in [0.15, 0.2) is 71.6 Å². The van der Waals surface area contributed by atoms with Gasteiger partial charge in [0.2, 0.25) is 5.91 Å². The number of carbonyl (C=O) groups excluding carboxylic acids is 2. The second kappa shape index (κ2) is 9.75. The Morgan fingerprint density at radius 1 is 0.906 bits per heavy atom. The van der Waals surface area contributed by atoms with Crippen molar-refractivity contribution in [3.8, 4) is 0 Å². The summed E-state index contributed by atoms with van der Waals surface area (Å²) in [5, 5.41) is -0.0693. The van der Waals surface area contributed by atoms with Gasteiger partial charge in [-0.25, -0.2) is 17.2 Å². The molecule has 0 spiro atoms. The molecule has 11 heteroatoms. The highest BCUT2D eigenvalue weighted by atomic mass is 35.5. The first-order chi connectivity index (χ1) is 15.2. The summed E-state index contributed by atoms with van der Waals surface area (Å²) in [4.78, 5) is 24.1. The van der Waals surface area contributed by atoms with Gasteiger partial charge in [-0.2, -0.15) is 0 Å². The van der Waals surface area contributed by atoms with Crippen LogP contribution in [0.4, 0.5) is 14.5 Å². The first kappa shape index (κ1) is 23.2. The molecule has 3 aromatic rings. The molecule has 166 valence electrons. The maximum Gasteiger partial charge on any atom is 0.271 e. The quantitative estimate of drug-likeness (QED) is 0.471. The van der Waals surface area contributed by atoms with Gasteiger partial charge in [-0.15, -0.1) is 0 Å². The number of hydrazine groups is 1. The largest absolute Gasteiger partial charge is 0.277 e. The van der Waals surface area contributed by atoms with E-state index in [9.17, 15) is 26.8 Å². The number of para-hydroxylation sites is 1. The van der Waals surface area contributed by atoms with E-state index in [0.29, 0.717) is 5.56 Å². The molecule has 0 aliphatic rings. The van der Waals surface area contributed by atoms with Crippen molar-refractivity contribution < 1.29 is 26.8 Å². The molecule has 2 amide bonds. The fourth-order valence-corrected chi connectivity index (χ4v) is 3.92. The van der Waals surface area contributed by atoms with E-state index in [1.807, 2.05) is 0 Å². The lowest BCUT2D eigenvalue weighted by Crippen LogP contribution is -2.42. The van der Waals surface area contributed by atoms with Crippen molar-refractivity contribution in [2.75, 3.05) is 4.72 Å². The van der Waals surface area contributed by atoms with Gasteiger partial charge in [0, 0.05) is 0 Å². The third kappa shape index (κ3) is 5.80. The summed E-state index contributed by atoms with van der Waals surface area (Å²) >= 11 is 6.00. The highest BCUT2D eigenvalue weighted by Gasteiger charge is 2.20. The number of anilines is 1. The molecule has 0 heterocycles. The number of halogens is 3. The van der Waals surface area contributed by atoms with Crippen molar-refractivity contribution in [1.29, 1.82) is 0 Å². The van der Waals surface area contributed by atoms with Crippen molar-refractivity contribution in [2.45, 2.75) is 11.3 Å². The first-order valence-corrected chi connectivity index (χ1v) is 10.9. The summed E-state index contributed by atoms with van der Waals surface area (Å²) in [5.41, 5.74) is 4.33. The fourth-order valence-electron chi connectivity index (χ4n) is 2.62. The number of benzene rings is 3. The van der Waals surface area contributed by atoms with Gasteiger partial charge in [0.25, 0.3) is 15.9 Å². The van der Waals surface area contributed by atoms with Crippen molar-refractivity contribution in [1.82, 2.24) is 10.9 Å². The van der Waals surface area contributed by atoms with Crippen LogP contribution in [0.5, 0.6) is 0 Å². The Hall–Kier alpha value is -3.50. The molecule has 0 unspecified atom stereocenters. The molecule has 3 rings (SSSR count). The van der Waals surface area contributed by atoms with Crippen LogP contribution >= 0.6 is 11.6 Å². The normalized spacial score (nSPS) is 11.0. The Balaban J connectivity index is 1.70. The predicted molar refractivity (Wildman–Crippen MR) is 114 cm³/mol. The van der Waals surface area contributed by atoms with Crippen LogP contribution in [0.2, 0.25) is 5.02 Å². The van der Waals surface area contributed by atoms with E-state index in [1.165, 1.54) is 48.5 Å². The second-order valence-electron chi connectivity index (χ2n) is 6.53. The van der Waals surface area contributed by atoms with Gasteiger partial charge < -0.3 is 0 Å². The number of rotatable bonds is 6. The van der Waals surface area contributed by atoms with Gasteiger partial charge in [0.1, 0.15) is 11.6 Å². The van der Waals surface area contributed by atoms with Crippen molar-refractivity contribution >= 4 is 39.1 Å². The van der Waals surface area contributed by atoms with Gasteiger partial charge in [-0.1, -0.05) is 35.9 Å². The lowest BCUT2D eigenvalue weighted by atomic mass is 10.1. The molecule has 0 saturated carbocycles. The Morgan fingerprint density at radius 2 is 1.59 bits per heavy atom. The lowest BCUT2D eigenvalue weighted by Gasteiger charge is -2.12. The molecule has 0 bridgehead atoms. The number of hydrogen-bond acceptors (Lipinski definition) is 4. The Bertz CT molecular complexity index is 1270. The van der Waals surface area contributed by atoms with E-state index in [-0.39, 0.29) is 27.6 Å². The zero-order chi connectivity index (χ0) is 23.3. The first-order valence-electron chi connectivity index (χ1n) is 9.06. The zero-order valence-electron chi connectivity index (χ0n) is 16.2. The van der Waals surface area contributed by atoms with Crippen LogP contribution in [-0.2, 0) is 21.2 Å². The molecule has 0 fully saturated rings. The highest BCUT2D eigenvalue weighted by molar-refractivity contribution is 7.92.